The quantitative estimate of drug-likeness (QED) is 0.622. The molecule has 0 unspecified atom stereocenters. The molecule has 0 atom stereocenters. The molecule has 0 bridgehead atoms. The van der Waals surface area contributed by atoms with Gasteiger partial charge < -0.3 is 15.1 Å². The maximum absolute atomic E-state index is 3.42. The molecule has 2 aromatic carbocycles. The first-order chi connectivity index (χ1) is 14.4. The van der Waals surface area contributed by atoms with E-state index in [1.54, 1.807) is 0 Å². The van der Waals surface area contributed by atoms with Crippen LogP contribution in [-0.4, -0.2) is 39.3 Å². The summed E-state index contributed by atoms with van der Waals surface area (Å²) in [6, 6.07) is 22.8. The van der Waals surface area contributed by atoms with E-state index in [1.165, 1.54) is 64.6 Å². The first kappa shape index (κ1) is 18.7. The highest BCUT2D eigenvalue weighted by Gasteiger charge is 2.13. The van der Waals surface area contributed by atoms with Crippen LogP contribution in [0.25, 0.3) is 20.9 Å². The highest BCUT2D eigenvalue weighted by atomic mass is 32.1. The number of benzene rings is 2. The molecule has 1 N–H and O–H groups in total. The van der Waals surface area contributed by atoms with E-state index in [0.29, 0.717) is 0 Å². The standard InChI is InChI=1S/C25H29N3S/c1-2-16-27(17-3-1)22-8-4-20(5-9-22)24-12-13-25(29-24)21-6-10-23(11-7-21)28-18-14-26-15-19-28/h4-13,26H,1-3,14-19H2. The predicted octanol–water partition coefficient (Wildman–Crippen LogP) is 5.48. The van der Waals surface area contributed by atoms with Crippen LogP contribution in [-0.2, 0) is 0 Å². The summed E-state index contributed by atoms with van der Waals surface area (Å²) in [6.45, 7) is 6.74. The second kappa shape index (κ2) is 8.60. The predicted molar refractivity (Wildman–Crippen MR) is 126 cm³/mol. The van der Waals surface area contributed by atoms with Gasteiger partial charge in [-0.3, -0.25) is 0 Å². The molecule has 0 saturated carbocycles. The summed E-state index contributed by atoms with van der Waals surface area (Å²) < 4.78 is 0. The van der Waals surface area contributed by atoms with Crippen LogP contribution in [0.15, 0.2) is 60.7 Å². The molecule has 0 aliphatic carbocycles. The van der Waals surface area contributed by atoms with Crippen molar-refractivity contribution in [2.24, 2.45) is 0 Å². The second-order valence-electron chi connectivity index (χ2n) is 8.04. The van der Waals surface area contributed by atoms with Crippen molar-refractivity contribution < 1.29 is 0 Å². The maximum atomic E-state index is 3.42. The second-order valence-corrected chi connectivity index (χ2v) is 9.13. The van der Waals surface area contributed by atoms with Crippen molar-refractivity contribution in [3.05, 3.63) is 60.7 Å². The zero-order valence-corrected chi connectivity index (χ0v) is 17.8. The molecule has 3 nitrogen and oxygen atoms in total. The number of nitrogens with one attached hydrogen (secondary N) is 1. The molecule has 2 saturated heterocycles. The molecule has 5 rings (SSSR count). The molecular weight excluding hydrogens is 374 g/mol. The average molecular weight is 404 g/mol. The Kier molecular flexibility index (Phi) is 5.55. The van der Waals surface area contributed by atoms with Crippen LogP contribution in [0.1, 0.15) is 19.3 Å². The van der Waals surface area contributed by atoms with Crippen molar-refractivity contribution in [1.29, 1.82) is 0 Å². The molecule has 2 fully saturated rings. The molecule has 0 amide bonds. The number of piperazine rings is 1. The lowest BCUT2D eigenvalue weighted by Crippen LogP contribution is -2.43. The molecule has 1 aromatic heterocycles. The van der Waals surface area contributed by atoms with Crippen LogP contribution in [0.3, 0.4) is 0 Å². The molecule has 150 valence electrons. The minimum absolute atomic E-state index is 1.08. The smallest absolute Gasteiger partial charge is 0.0367 e. The van der Waals surface area contributed by atoms with Crippen molar-refractivity contribution in [1.82, 2.24) is 5.32 Å². The number of thiophene rings is 1. The lowest BCUT2D eigenvalue weighted by Gasteiger charge is -2.29. The molecule has 3 heterocycles. The van der Waals surface area contributed by atoms with Gasteiger partial charge in [0.15, 0.2) is 0 Å². The molecule has 2 aliphatic rings. The van der Waals surface area contributed by atoms with Gasteiger partial charge >= 0.3 is 0 Å². The van der Waals surface area contributed by atoms with Gasteiger partial charge in [0.1, 0.15) is 0 Å². The first-order valence-electron chi connectivity index (χ1n) is 10.9. The maximum Gasteiger partial charge on any atom is 0.0367 e. The fourth-order valence-corrected chi connectivity index (χ4v) is 5.41. The fraction of sp³-hybridized carbons (Fsp3) is 0.360. The van der Waals surface area contributed by atoms with Crippen molar-refractivity contribution in [2.45, 2.75) is 19.3 Å². The number of nitrogens with zero attached hydrogens (tertiary/aromatic N) is 2. The summed E-state index contributed by atoms with van der Waals surface area (Å²) in [5.74, 6) is 0. The highest BCUT2D eigenvalue weighted by Crippen LogP contribution is 2.36. The molecule has 2 aliphatic heterocycles. The van der Waals surface area contributed by atoms with Gasteiger partial charge in [0.2, 0.25) is 0 Å². The van der Waals surface area contributed by atoms with Crippen molar-refractivity contribution in [2.75, 3.05) is 49.1 Å². The topological polar surface area (TPSA) is 18.5 Å². The Morgan fingerprint density at radius 3 is 1.55 bits per heavy atom. The van der Waals surface area contributed by atoms with Crippen molar-refractivity contribution in [3.63, 3.8) is 0 Å². The zero-order chi connectivity index (χ0) is 19.5. The van der Waals surface area contributed by atoms with E-state index in [1.807, 2.05) is 11.3 Å². The third kappa shape index (κ3) is 4.19. The van der Waals surface area contributed by atoms with Crippen LogP contribution < -0.4 is 15.1 Å². The minimum atomic E-state index is 1.08. The van der Waals surface area contributed by atoms with Crippen LogP contribution in [0.2, 0.25) is 0 Å². The molecule has 4 heteroatoms. The van der Waals surface area contributed by atoms with Crippen molar-refractivity contribution in [3.8, 4) is 20.9 Å². The fourth-order valence-electron chi connectivity index (χ4n) is 4.40. The van der Waals surface area contributed by atoms with E-state index in [9.17, 15) is 0 Å². The molecule has 29 heavy (non-hydrogen) atoms. The minimum Gasteiger partial charge on any atom is -0.372 e. The highest BCUT2D eigenvalue weighted by molar-refractivity contribution is 7.18. The summed E-state index contributed by atoms with van der Waals surface area (Å²) >= 11 is 1.88. The number of anilines is 2. The van der Waals surface area contributed by atoms with Gasteiger partial charge in [-0.2, -0.15) is 0 Å². The van der Waals surface area contributed by atoms with Crippen LogP contribution in [0.5, 0.6) is 0 Å². The molecule has 0 spiro atoms. The summed E-state index contributed by atoms with van der Waals surface area (Å²) in [5.41, 5.74) is 5.33. The third-order valence-corrected chi connectivity index (χ3v) is 7.30. The lowest BCUT2D eigenvalue weighted by molar-refractivity contribution is 0.578. The van der Waals surface area contributed by atoms with Gasteiger partial charge in [-0.05, 0) is 66.8 Å². The summed E-state index contributed by atoms with van der Waals surface area (Å²) in [4.78, 5) is 7.67. The Bertz CT molecular complexity index is 841. The number of piperidine rings is 1. The average Bonchev–Trinajstić information content (AvgIpc) is 3.31. The van der Waals surface area contributed by atoms with E-state index >= 15 is 0 Å². The van der Waals surface area contributed by atoms with Crippen LogP contribution in [0, 0.1) is 0 Å². The Morgan fingerprint density at radius 1 is 0.552 bits per heavy atom. The third-order valence-electron chi connectivity index (χ3n) is 6.11. The van der Waals surface area contributed by atoms with Crippen LogP contribution >= 0.6 is 11.3 Å². The zero-order valence-electron chi connectivity index (χ0n) is 16.9. The lowest BCUT2D eigenvalue weighted by atomic mass is 10.1. The number of rotatable bonds is 4. The summed E-state index contributed by atoms with van der Waals surface area (Å²) in [7, 11) is 0. The van der Waals surface area contributed by atoms with E-state index < -0.39 is 0 Å². The van der Waals surface area contributed by atoms with Gasteiger partial charge in [0.05, 0.1) is 0 Å². The molecule has 3 aromatic rings. The number of hydrogen-bond donors (Lipinski definition) is 1. The first-order valence-corrected chi connectivity index (χ1v) is 11.7. The Hall–Kier alpha value is -2.30. The molecule has 0 radical (unpaired) electrons. The molecular formula is C25H29N3S. The largest absolute Gasteiger partial charge is 0.372 e. The Morgan fingerprint density at radius 2 is 1.03 bits per heavy atom. The normalized spacial score (nSPS) is 17.5. The van der Waals surface area contributed by atoms with Crippen molar-refractivity contribution >= 4 is 22.7 Å². The van der Waals surface area contributed by atoms with Gasteiger partial charge in [-0.1, -0.05) is 24.3 Å². The van der Waals surface area contributed by atoms with Gasteiger partial charge in [-0.25, -0.2) is 0 Å². The van der Waals surface area contributed by atoms with E-state index in [0.717, 1.165) is 26.2 Å². The summed E-state index contributed by atoms with van der Waals surface area (Å²) in [6.07, 6.45) is 4.02. The van der Waals surface area contributed by atoms with E-state index in [2.05, 4.69) is 75.8 Å². The SMILES string of the molecule is c1cc(N2CCCCC2)ccc1-c1ccc(-c2ccc(N3CCNCC3)cc2)s1. The van der Waals surface area contributed by atoms with Gasteiger partial charge in [0.25, 0.3) is 0 Å². The monoisotopic (exact) mass is 403 g/mol. The van der Waals surface area contributed by atoms with Crippen LogP contribution in [0.4, 0.5) is 11.4 Å². The van der Waals surface area contributed by atoms with Gasteiger partial charge in [-0.15, -0.1) is 11.3 Å². The van der Waals surface area contributed by atoms with E-state index in [4.69, 9.17) is 0 Å². The summed E-state index contributed by atoms with van der Waals surface area (Å²) in [5, 5.41) is 3.42. The Balaban J connectivity index is 1.30. The van der Waals surface area contributed by atoms with Gasteiger partial charge in [0, 0.05) is 60.4 Å². The number of hydrogen-bond acceptors (Lipinski definition) is 4. The Labute approximate surface area is 178 Å². The van der Waals surface area contributed by atoms with E-state index in [-0.39, 0.29) is 0 Å².